The van der Waals surface area contributed by atoms with Gasteiger partial charge in [-0.25, -0.2) is 0 Å². The Bertz CT molecular complexity index is 273. The molecule has 1 saturated carbocycles. The Morgan fingerprint density at radius 1 is 1.23 bits per heavy atom. The van der Waals surface area contributed by atoms with Crippen molar-refractivity contribution >= 4 is 0 Å². The third-order valence-electron chi connectivity index (χ3n) is 2.39. The van der Waals surface area contributed by atoms with Crippen LogP contribution < -0.4 is 4.74 Å². The molecule has 2 rings (SSSR count). The second-order valence-electron chi connectivity index (χ2n) is 3.68. The van der Waals surface area contributed by atoms with Gasteiger partial charge in [0.1, 0.15) is 11.9 Å². The Hall–Kier alpha value is -1.02. The van der Waals surface area contributed by atoms with Crippen molar-refractivity contribution in [1.29, 1.82) is 0 Å². The number of aliphatic hydroxyl groups is 1. The van der Waals surface area contributed by atoms with E-state index in [-0.39, 0.29) is 12.2 Å². The molecule has 0 radical (unpaired) electrons. The summed E-state index contributed by atoms with van der Waals surface area (Å²) in [5.41, 5.74) is 1.24. The average Bonchev–Trinajstić information content (AvgIpc) is 2.06. The second-order valence-corrected chi connectivity index (χ2v) is 3.68. The van der Waals surface area contributed by atoms with Gasteiger partial charge >= 0.3 is 0 Å². The molecule has 1 aliphatic carbocycles. The van der Waals surface area contributed by atoms with Gasteiger partial charge in [0.15, 0.2) is 0 Å². The van der Waals surface area contributed by atoms with E-state index in [1.807, 2.05) is 24.3 Å². The summed E-state index contributed by atoms with van der Waals surface area (Å²) in [6.45, 7) is 2.05. The van der Waals surface area contributed by atoms with E-state index in [1.54, 1.807) is 0 Å². The summed E-state index contributed by atoms with van der Waals surface area (Å²) in [6.07, 6.45) is 1.62. The van der Waals surface area contributed by atoms with Crippen molar-refractivity contribution in [1.82, 2.24) is 0 Å². The molecule has 13 heavy (non-hydrogen) atoms. The highest BCUT2D eigenvalue weighted by Crippen LogP contribution is 2.25. The number of aryl methyl sites for hydroxylation is 1. The molecule has 0 spiro atoms. The molecule has 1 aliphatic rings. The van der Waals surface area contributed by atoms with Gasteiger partial charge < -0.3 is 9.84 Å². The molecule has 1 fully saturated rings. The summed E-state index contributed by atoms with van der Waals surface area (Å²) in [7, 11) is 0. The van der Waals surface area contributed by atoms with Gasteiger partial charge in [0.05, 0.1) is 6.10 Å². The molecule has 0 saturated heterocycles. The van der Waals surface area contributed by atoms with Gasteiger partial charge in [0, 0.05) is 12.8 Å². The van der Waals surface area contributed by atoms with E-state index in [0.717, 1.165) is 18.6 Å². The summed E-state index contributed by atoms with van der Waals surface area (Å²) in [4.78, 5) is 0. The standard InChI is InChI=1S/C11H14O2/c1-8-2-4-10(5-3-8)13-11-6-9(12)7-11/h2-5,9,11-12H,6-7H2,1H3. The lowest BCUT2D eigenvalue weighted by Crippen LogP contribution is -2.37. The molecule has 0 unspecified atom stereocenters. The summed E-state index contributed by atoms with van der Waals surface area (Å²) in [6, 6.07) is 8.01. The van der Waals surface area contributed by atoms with E-state index in [2.05, 4.69) is 6.92 Å². The number of hydrogen-bond donors (Lipinski definition) is 1. The van der Waals surface area contributed by atoms with E-state index in [1.165, 1.54) is 5.56 Å². The van der Waals surface area contributed by atoms with Crippen LogP contribution in [0.15, 0.2) is 24.3 Å². The zero-order valence-corrected chi connectivity index (χ0v) is 7.73. The first-order chi connectivity index (χ1) is 6.24. The zero-order chi connectivity index (χ0) is 9.26. The first-order valence-corrected chi connectivity index (χ1v) is 4.65. The van der Waals surface area contributed by atoms with E-state index in [9.17, 15) is 0 Å². The molecule has 2 heteroatoms. The average molecular weight is 178 g/mol. The molecule has 1 aromatic rings. The molecule has 70 valence electrons. The van der Waals surface area contributed by atoms with Crippen LogP contribution in [0.4, 0.5) is 0 Å². The zero-order valence-electron chi connectivity index (χ0n) is 7.73. The minimum absolute atomic E-state index is 0.143. The van der Waals surface area contributed by atoms with Crippen molar-refractivity contribution in [3.05, 3.63) is 29.8 Å². The van der Waals surface area contributed by atoms with Crippen LogP contribution in [0.3, 0.4) is 0 Å². The van der Waals surface area contributed by atoms with E-state index >= 15 is 0 Å². The van der Waals surface area contributed by atoms with E-state index in [0.29, 0.717) is 0 Å². The van der Waals surface area contributed by atoms with Crippen LogP contribution in [0.2, 0.25) is 0 Å². The molecule has 1 aromatic carbocycles. The highest BCUT2D eigenvalue weighted by molar-refractivity contribution is 5.26. The maximum Gasteiger partial charge on any atom is 0.119 e. The molecule has 0 heterocycles. The fourth-order valence-corrected chi connectivity index (χ4v) is 1.44. The molecule has 1 N–H and O–H groups in total. The Kier molecular flexibility index (Phi) is 2.23. The van der Waals surface area contributed by atoms with Gasteiger partial charge in [-0.05, 0) is 19.1 Å². The molecule has 0 aromatic heterocycles. The summed E-state index contributed by atoms with van der Waals surface area (Å²) < 4.78 is 5.62. The summed E-state index contributed by atoms with van der Waals surface area (Å²) in [5.74, 6) is 0.905. The fraction of sp³-hybridized carbons (Fsp3) is 0.455. The van der Waals surface area contributed by atoms with Crippen LogP contribution >= 0.6 is 0 Å². The van der Waals surface area contributed by atoms with E-state index in [4.69, 9.17) is 9.84 Å². The van der Waals surface area contributed by atoms with Crippen molar-refractivity contribution in [2.24, 2.45) is 0 Å². The molecule has 0 amide bonds. The van der Waals surface area contributed by atoms with Crippen LogP contribution in [0, 0.1) is 6.92 Å². The molecule has 0 bridgehead atoms. The topological polar surface area (TPSA) is 29.5 Å². The fourth-order valence-electron chi connectivity index (χ4n) is 1.44. The third-order valence-corrected chi connectivity index (χ3v) is 2.39. The quantitative estimate of drug-likeness (QED) is 0.749. The van der Waals surface area contributed by atoms with Gasteiger partial charge in [-0.1, -0.05) is 17.7 Å². The lowest BCUT2D eigenvalue weighted by atomic mass is 9.92. The number of benzene rings is 1. The predicted molar refractivity (Wildman–Crippen MR) is 50.8 cm³/mol. The summed E-state index contributed by atoms with van der Waals surface area (Å²) >= 11 is 0. The number of ether oxygens (including phenoxy) is 1. The highest BCUT2D eigenvalue weighted by Gasteiger charge is 2.28. The molecular formula is C11H14O2. The van der Waals surface area contributed by atoms with Crippen LogP contribution in [-0.4, -0.2) is 17.3 Å². The minimum atomic E-state index is -0.143. The summed E-state index contributed by atoms with van der Waals surface area (Å²) in [5, 5.41) is 9.06. The van der Waals surface area contributed by atoms with Crippen LogP contribution in [0.1, 0.15) is 18.4 Å². The molecule has 0 atom stereocenters. The predicted octanol–water partition coefficient (Wildman–Crippen LogP) is 1.90. The number of hydrogen-bond acceptors (Lipinski definition) is 2. The minimum Gasteiger partial charge on any atom is -0.490 e. The van der Waals surface area contributed by atoms with E-state index < -0.39 is 0 Å². The Morgan fingerprint density at radius 2 is 1.85 bits per heavy atom. The molecular weight excluding hydrogens is 164 g/mol. The van der Waals surface area contributed by atoms with Crippen molar-refractivity contribution in [2.45, 2.75) is 32.0 Å². The SMILES string of the molecule is Cc1ccc(OC2CC(O)C2)cc1. The number of rotatable bonds is 2. The number of aliphatic hydroxyl groups excluding tert-OH is 1. The van der Waals surface area contributed by atoms with Gasteiger partial charge in [-0.15, -0.1) is 0 Å². The largest absolute Gasteiger partial charge is 0.490 e. The third kappa shape index (κ3) is 2.01. The van der Waals surface area contributed by atoms with Gasteiger partial charge in [0.25, 0.3) is 0 Å². The first-order valence-electron chi connectivity index (χ1n) is 4.65. The van der Waals surface area contributed by atoms with Gasteiger partial charge in [0.2, 0.25) is 0 Å². The molecule has 0 aliphatic heterocycles. The Labute approximate surface area is 78.2 Å². The van der Waals surface area contributed by atoms with Gasteiger partial charge in [-0.3, -0.25) is 0 Å². The first kappa shape index (κ1) is 8.57. The lowest BCUT2D eigenvalue weighted by molar-refractivity contribution is -0.0107. The van der Waals surface area contributed by atoms with Crippen molar-refractivity contribution in [3.63, 3.8) is 0 Å². The maximum absolute atomic E-state index is 9.06. The van der Waals surface area contributed by atoms with Crippen LogP contribution in [0.25, 0.3) is 0 Å². The highest BCUT2D eigenvalue weighted by atomic mass is 16.5. The smallest absolute Gasteiger partial charge is 0.119 e. The van der Waals surface area contributed by atoms with Gasteiger partial charge in [-0.2, -0.15) is 0 Å². The lowest BCUT2D eigenvalue weighted by Gasteiger charge is -2.31. The van der Waals surface area contributed by atoms with Crippen molar-refractivity contribution in [2.75, 3.05) is 0 Å². The van der Waals surface area contributed by atoms with Crippen LogP contribution in [-0.2, 0) is 0 Å². The molecule has 2 nitrogen and oxygen atoms in total. The maximum atomic E-state index is 9.06. The normalized spacial score (nSPS) is 26.6. The Morgan fingerprint density at radius 3 is 2.38 bits per heavy atom. The van der Waals surface area contributed by atoms with Crippen molar-refractivity contribution in [3.8, 4) is 5.75 Å². The Balaban J connectivity index is 1.91. The van der Waals surface area contributed by atoms with Crippen molar-refractivity contribution < 1.29 is 9.84 Å². The monoisotopic (exact) mass is 178 g/mol. The van der Waals surface area contributed by atoms with Crippen LogP contribution in [0.5, 0.6) is 5.75 Å². The second kappa shape index (κ2) is 3.38.